The molecule has 0 spiro atoms. The van der Waals surface area contributed by atoms with Crippen molar-refractivity contribution in [1.29, 1.82) is 0 Å². The van der Waals surface area contributed by atoms with E-state index in [9.17, 15) is 4.79 Å². The second-order valence-electron chi connectivity index (χ2n) is 3.60. The van der Waals surface area contributed by atoms with E-state index in [4.69, 9.17) is 5.73 Å². The maximum atomic E-state index is 10.7. The van der Waals surface area contributed by atoms with Gasteiger partial charge in [0.1, 0.15) is 6.33 Å². The number of carbonyl (C=O) groups excluding carboxylic acids is 1. The van der Waals surface area contributed by atoms with Crippen LogP contribution in [-0.4, -0.2) is 26.2 Å². The predicted molar refractivity (Wildman–Crippen MR) is 60.3 cm³/mol. The molecule has 0 bridgehead atoms. The van der Waals surface area contributed by atoms with Gasteiger partial charge in [-0.3, -0.25) is 0 Å². The molecule has 7 nitrogen and oxygen atoms in total. The smallest absolute Gasteiger partial charge is 0.312 e. The largest absolute Gasteiger partial charge is 0.352 e. The summed E-state index contributed by atoms with van der Waals surface area (Å²) in [6.45, 7) is 2.31. The molecule has 2 aromatic rings. The quantitative estimate of drug-likeness (QED) is 0.786. The highest BCUT2D eigenvalue weighted by Crippen LogP contribution is 2.14. The summed E-state index contributed by atoms with van der Waals surface area (Å²) >= 11 is 0. The minimum absolute atomic E-state index is 0.339. The summed E-state index contributed by atoms with van der Waals surface area (Å²) < 4.78 is 1.54. The van der Waals surface area contributed by atoms with Crippen molar-refractivity contribution in [3.05, 3.63) is 35.7 Å². The lowest BCUT2D eigenvalue weighted by molar-refractivity contribution is 0.248. The Hall–Kier alpha value is -2.44. The third kappa shape index (κ3) is 2.57. The van der Waals surface area contributed by atoms with Gasteiger partial charge >= 0.3 is 6.03 Å². The first-order chi connectivity index (χ1) is 8.16. The molecule has 0 saturated carbocycles. The van der Waals surface area contributed by atoms with Crippen LogP contribution in [0, 0.1) is 6.92 Å². The maximum absolute atomic E-state index is 10.7. The number of hydrogen-bond donors (Lipinski definition) is 2. The molecule has 0 aliphatic heterocycles. The summed E-state index contributed by atoms with van der Waals surface area (Å²) in [6, 6.07) is 5.23. The van der Waals surface area contributed by atoms with Crippen molar-refractivity contribution < 1.29 is 4.79 Å². The van der Waals surface area contributed by atoms with Crippen LogP contribution in [0.3, 0.4) is 0 Å². The number of urea groups is 1. The lowest BCUT2D eigenvalue weighted by atomic mass is 10.1. The number of nitrogens with two attached hydrogens (primary N) is 1. The fourth-order valence-corrected chi connectivity index (χ4v) is 1.53. The van der Waals surface area contributed by atoms with Crippen molar-refractivity contribution in [2.45, 2.75) is 13.5 Å². The zero-order valence-electron chi connectivity index (χ0n) is 9.29. The number of carbonyl (C=O) groups is 1. The van der Waals surface area contributed by atoms with Crippen LogP contribution in [0.1, 0.15) is 11.1 Å². The van der Waals surface area contributed by atoms with Gasteiger partial charge in [-0.2, -0.15) is 0 Å². The molecule has 2 amide bonds. The minimum Gasteiger partial charge on any atom is -0.352 e. The Bertz CT molecular complexity index is 522. The summed E-state index contributed by atoms with van der Waals surface area (Å²) in [5.41, 5.74) is 7.85. The summed E-state index contributed by atoms with van der Waals surface area (Å²) in [4.78, 5) is 10.7. The number of aromatic nitrogens is 4. The molecule has 1 heterocycles. The molecule has 3 N–H and O–H groups in total. The fraction of sp³-hybridized carbons (Fsp3) is 0.200. The van der Waals surface area contributed by atoms with Gasteiger partial charge in [0, 0.05) is 6.54 Å². The second-order valence-corrected chi connectivity index (χ2v) is 3.60. The molecule has 0 unspecified atom stereocenters. The van der Waals surface area contributed by atoms with Crippen molar-refractivity contribution >= 4 is 6.03 Å². The molecule has 1 aromatic carbocycles. The van der Waals surface area contributed by atoms with Crippen LogP contribution in [0.2, 0.25) is 0 Å². The minimum atomic E-state index is -0.561. The van der Waals surface area contributed by atoms with Crippen molar-refractivity contribution in [2.24, 2.45) is 5.73 Å². The van der Waals surface area contributed by atoms with Crippen LogP contribution in [-0.2, 0) is 6.54 Å². The Morgan fingerprint density at radius 1 is 1.53 bits per heavy atom. The molecular formula is C10H12N6O. The van der Waals surface area contributed by atoms with Crippen molar-refractivity contribution in [2.75, 3.05) is 0 Å². The number of hydrogen-bond acceptors (Lipinski definition) is 4. The van der Waals surface area contributed by atoms with Crippen molar-refractivity contribution in [3.8, 4) is 5.69 Å². The number of nitrogens with one attached hydrogen (secondary N) is 1. The zero-order chi connectivity index (χ0) is 12.3. The van der Waals surface area contributed by atoms with E-state index in [2.05, 4.69) is 20.8 Å². The molecule has 0 atom stereocenters. The summed E-state index contributed by atoms with van der Waals surface area (Å²) in [5.74, 6) is 0. The molecule has 0 aliphatic rings. The molecule has 0 saturated heterocycles. The van der Waals surface area contributed by atoms with E-state index in [0.717, 1.165) is 16.8 Å². The normalized spacial score (nSPS) is 10.2. The molecule has 1 aromatic heterocycles. The molecule has 88 valence electrons. The van der Waals surface area contributed by atoms with E-state index in [1.807, 2.05) is 25.1 Å². The van der Waals surface area contributed by atoms with Gasteiger partial charge in [0.2, 0.25) is 0 Å². The highest BCUT2D eigenvalue weighted by molar-refractivity contribution is 5.71. The second kappa shape index (κ2) is 4.60. The van der Waals surface area contributed by atoms with Gasteiger partial charge in [0.05, 0.1) is 5.69 Å². The fourth-order valence-electron chi connectivity index (χ4n) is 1.53. The van der Waals surface area contributed by atoms with E-state index in [-0.39, 0.29) is 0 Å². The Balaban J connectivity index is 2.34. The van der Waals surface area contributed by atoms with Crippen molar-refractivity contribution in [1.82, 2.24) is 25.5 Å². The van der Waals surface area contributed by atoms with Gasteiger partial charge in [-0.25, -0.2) is 9.48 Å². The highest BCUT2D eigenvalue weighted by Gasteiger charge is 2.06. The summed E-state index contributed by atoms with van der Waals surface area (Å²) in [7, 11) is 0. The number of nitrogens with zero attached hydrogens (tertiary/aromatic N) is 4. The average Bonchev–Trinajstić information content (AvgIpc) is 2.80. The van der Waals surface area contributed by atoms with E-state index in [0.29, 0.717) is 6.54 Å². The van der Waals surface area contributed by atoms with Crippen LogP contribution in [0.15, 0.2) is 24.5 Å². The summed E-state index contributed by atoms with van der Waals surface area (Å²) in [6.07, 6.45) is 1.50. The number of rotatable bonds is 3. The third-order valence-electron chi connectivity index (χ3n) is 2.28. The number of primary amides is 1. The van der Waals surface area contributed by atoms with Crippen LogP contribution >= 0.6 is 0 Å². The Morgan fingerprint density at radius 2 is 2.35 bits per heavy atom. The van der Waals surface area contributed by atoms with Crippen LogP contribution in [0.5, 0.6) is 0 Å². The summed E-state index contributed by atoms with van der Waals surface area (Å²) in [5, 5.41) is 13.5. The molecular weight excluding hydrogens is 220 g/mol. The maximum Gasteiger partial charge on any atom is 0.312 e. The molecule has 17 heavy (non-hydrogen) atoms. The van der Waals surface area contributed by atoms with E-state index in [1.54, 1.807) is 0 Å². The topological polar surface area (TPSA) is 98.7 Å². The van der Waals surface area contributed by atoms with Gasteiger partial charge < -0.3 is 11.1 Å². The van der Waals surface area contributed by atoms with E-state index >= 15 is 0 Å². The number of amides is 2. The lowest BCUT2D eigenvalue weighted by Gasteiger charge is -2.09. The van der Waals surface area contributed by atoms with Crippen LogP contribution in [0.4, 0.5) is 4.79 Å². The van der Waals surface area contributed by atoms with Gasteiger partial charge in [-0.05, 0) is 29.0 Å². The Labute approximate surface area is 97.6 Å². The molecule has 0 radical (unpaired) electrons. The Morgan fingerprint density at radius 3 is 3.00 bits per heavy atom. The van der Waals surface area contributed by atoms with Crippen LogP contribution < -0.4 is 11.1 Å². The van der Waals surface area contributed by atoms with Gasteiger partial charge in [-0.15, -0.1) is 5.10 Å². The SMILES string of the molecule is Cc1ccc(-n2cnnn2)c(CNC(N)=O)c1. The standard InChI is InChI=1S/C10H12N6O/c1-7-2-3-9(16-6-13-14-15-16)8(4-7)5-12-10(11)17/h2-4,6H,5H2,1H3,(H3,11,12,17). The number of aryl methyl sites for hydroxylation is 1. The van der Waals surface area contributed by atoms with E-state index < -0.39 is 6.03 Å². The zero-order valence-corrected chi connectivity index (χ0v) is 9.29. The molecule has 2 rings (SSSR count). The lowest BCUT2D eigenvalue weighted by Crippen LogP contribution is -2.29. The monoisotopic (exact) mass is 232 g/mol. The highest BCUT2D eigenvalue weighted by atomic mass is 16.2. The average molecular weight is 232 g/mol. The first-order valence-corrected chi connectivity index (χ1v) is 5.03. The van der Waals surface area contributed by atoms with Gasteiger partial charge in [0.25, 0.3) is 0 Å². The predicted octanol–water partition coefficient (Wildman–Crippen LogP) is 0.139. The van der Waals surface area contributed by atoms with E-state index in [1.165, 1.54) is 11.0 Å². The molecule has 7 heteroatoms. The molecule has 0 fully saturated rings. The Kier molecular flexibility index (Phi) is 2.99. The first-order valence-electron chi connectivity index (χ1n) is 5.03. The molecule has 0 aliphatic carbocycles. The van der Waals surface area contributed by atoms with Gasteiger partial charge in [0.15, 0.2) is 0 Å². The van der Waals surface area contributed by atoms with Gasteiger partial charge in [-0.1, -0.05) is 17.7 Å². The first kappa shape index (κ1) is 11.1. The van der Waals surface area contributed by atoms with Crippen LogP contribution in [0.25, 0.3) is 5.69 Å². The third-order valence-corrected chi connectivity index (χ3v) is 2.28. The van der Waals surface area contributed by atoms with Crippen molar-refractivity contribution in [3.63, 3.8) is 0 Å². The number of benzene rings is 1. The number of tetrazole rings is 1.